The van der Waals surface area contributed by atoms with Crippen LogP contribution in [0.2, 0.25) is 0 Å². The minimum Gasteiger partial charge on any atom is -0.496 e. The summed E-state index contributed by atoms with van der Waals surface area (Å²) in [4.78, 5) is 34.7. The molecule has 2 N–H and O–H groups in total. The van der Waals surface area contributed by atoms with Crippen LogP contribution >= 0.6 is 22.7 Å². The molecule has 0 aliphatic rings. The lowest BCUT2D eigenvalue weighted by atomic mass is 10.1. The van der Waals surface area contributed by atoms with Crippen molar-refractivity contribution in [1.82, 2.24) is 9.97 Å². The molecule has 0 saturated heterocycles. The van der Waals surface area contributed by atoms with E-state index in [0.717, 1.165) is 22.5 Å². The summed E-state index contributed by atoms with van der Waals surface area (Å²) in [7, 11) is 3.22. The molecule has 6 aromatic rings. The maximum atomic E-state index is 12.8. The van der Waals surface area contributed by atoms with Crippen molar-refractivity contribution in [3.8, 4) is 45.5 Å². The summed E-state index contributed by atoms with van der Waals surface area (Å²) in [5.74, 6) is 1.95. The Kier molecular flexibility index (Phi) is 8.81. The SMILES string of the molecule is COc1ccccc1-c1csc(NC(=O)c2ccc(Oc3ccc(C(=O)Nc4nc(-c5ccccc5OC)cs4)cc3)cc2)n1. The van der Waals surface area contributed by atoms with Crippen molar-refractivity contribution in [1.29, 1.82) is 0 Å². The number of benzene rings is 4. The molecule has 0 spiro atoms. The predicted molar refractivity (Wildman–Crippen MR) is 177 cm³/mol. The van der Waals surface area contributed by atoms with Gasteiger partial charge in [0.1, 0.15) is 23.0 Å². The van der Waals surface area contributed by atoms with Crippen molar-refractivity contribution >= 4 is 44.8 Å². The number of anilines is 2. The Hall–Kier alpha value is -5.52. The molecule has 11 heteroatoms. The van der Waals surface area contributed by atoms with Crippen LogP contribution in [0.15, 0.2) is 108 Å². The number of para-hydroxylation sites is 2. The molecule has 0 radical (unpaired) electrons. The highest BCUT2D eigenvalue weighted by atomic mass is 32.1. The van der Waals surface area contributed by atoms with E-state index in [0.29, 0.717) is 44.4 Å². The molecule has 2 amide bonds. The van der Waals surface area contributed by atoms with Crippen molar-refractivity contribution in [2.24, 2.45) is 0 Å². The molecular formula is C34H26N4O5S2. The zero-order valence-electron chi connectivity index (χ0n) is 24.1. The van der Waals surface area contributed by atoms with Gasteiger partial charge in [-0.05, 0) is 72.8 Å². The lowest BCUT2D eigenvalue weighted by molar-refractivity contribution is 0.101. The number of nitrogens with zero attached hydrogens (tertiary/aromatic N) is 2. The molecule has 45 heavy (non-hydrogen) atoms. The van der Waals surface area contributed by atoms with E-state index in [1.807, 2.05) is 59.3 Å². The van der Waals surface area contributed by atoms with Crippen LogP contribution in [-0.2, 0) is 0 Å². The summed E-state index contributed by atoms with van der Waals surface area (Å²) < 4.78 is 16.8. The summed E-state index contributed by atoms with van der Waals surface area (Å²) in [6.07, 6.45) is 0. The van der Waals surface area contributed by atoms with Crippen LogP contribution in [-0.4, -0.2) is 36.0 Å². The number of aromatic nitrogens is 2. The molecule has 0 aliphatic carbocycles. The van der Waals surface area contributed by atoms with E-state index in [9.17, 15) is 9.59 Å². The lowest BCUT2D eigenvalue weighted by Crippen LogP contribution is -2.11. The molecule has 6 rings (SSSR count). The van der Waals surface area contributed by atoms with E-state index in [-0.39, 0.29) is 11.8 Å². The van der Waals surface area contributed by atoms with Crippen LogP contribution in [0.3, 0.4) is 0 Å². The summed E-state index contributed by atoms with van der Waals surface area (Å²) in [5, 5.41) is 10.4. The Balaban J connectivity index is 1.04. The molecule has 0 fully saturated rings. The number of carbonyl (C=O) groups is 2. The van der Waals surface area contributed by atoms with Crippen molar-refractivity contribution in [3.63, 3.8) is 0 Å². The van der Waals surface area contributed by atoms with Crippen LogP contribution in [0.5, 0.6) is 23.0 Å². The monoisotopic (exact) mass is 634 g/mol. The lowest BCUT2D eigenvalue weighted by Gasteiger charge is -2.08. The number of hydrogen-bond acceptors (Lipinski definition) is 9. The van der Waals surface area contributed by atoms with Crippen molar-refractivity contribution in [2.75, 3.05) is 24.9 Å². The number of nitrogens with one attached hydrogen (secondary N) is 2. The number of thiazole rings is 2. The van der Waals surface area contributed by atoms with Gasteiger partial charge in [0.25, 0.3) is 11.8 Å². The van der Waals surface area contributed by atoms with Gasteiger partial charge in [-0.2, -0.15) is 0 Å². The highest BCUT2D eigenvalue weighted by molar-refractivity contribution is 7.14. The van der Waals surface area contributed by atoms with Crippen LogP contribution in [0.1, 0.15) is 20.7 Å². The quantitative estimate of drug-likeness (QED) is 0.156. The molecule has 2 aromatic heterocycles. The standard InChI is InChI=1S/C34H26N4O5S2/c1-41-29-9-5-3-7-25(29)27-19-44-33(35-27)37-31(39)21-11-15-23(16-12-21)43-24-17-13-22(14-18-24)32(40)38-34-36-28(20-45-34)26-8-4-6-10-30(26)42-2/h3-20H,1-2H3,(H,35,37,39)(H,36,38,40). The molecule has 9 nitrogen and oxygen atoms in total. The van der Waals surface area contributed by atoms with E-state index in [1.165, 1.54) is 22.7 Å². The van der Waals surface area contributed by atoms with Gasteiger partial charge in [0, 0.05) is 33.0 Å². The van der Waals surface area contributed by atoms with Crippen molar-refractivity contribution in [2.45, 2.75) is 0 Å². The van der Waals surface area contributed by atoms with Gasteiger partial charge in [0.05, 0.1) is 25.6 Å². The van der Waals surface area contributed by atoms with Gasteiger partial charge in [-0.25, -0.2) is 9.97 Å². The van der Waals surface area contributed by atoms with Gasteiger partial charge >= 0.3 is 0 Å². The summed E-state index contributed by atoms with van der Waals surface area (Å²) in [6.45, 7) is 0. The zero-order chi connectivity index (χ0) is 31.2. The summed E-state index contributed by atoms with van der Waals surface area (Å²) in [6, 6.07) is 28.7. The molecule has 4 aromatic carbocycles. The van der Waals surface area contributed by atoms with Crippen LogP contribution in [0.4, 0.5) is 10.3 Å². The first-order valence-corrected chi connectivity index (χ1v) is 15.4. The minimum atomic E-state index is -0.284. The van der Waals surface area contributed by atoms with Crippen LogP contribution < -0.4 is 24.8 Å². The Morgan fingerprint density at radius 1 is 0.578 bits per heavy atom. The van der Waals surface area contributed by atoms with Crippen molar-refractivity contribution in [3.05, 3.63) is 119 Å². The summed E-state index contributed by atoms with van der Waals surface area (Å²) in [5.41, 5.74) is 4.07. The third-order valence-electron chi connectivity index (χ3n) is 6.68. The first kappa shape index (κ1) is 29.5. The topological polar surface area (TPSA) is 112 Å². The Morgan fingerprint density at radius 3 is 1.38 bits per heavy atom. The molecule has 0 aliphatic heterocycles. The molecule has 0 bridgehead atoms. The maximum absolute atomic E-state index is 12.8. The van der Waals surface area contributed by atoms with E-state index in [4.69, 9.17) is 14.2 Å². The number of carbonyl (C=O) groups excluding carboxylic acids is 2. The zero-order valence-corrected chi connectivity index (χ0v) is 25.8. The van der Waals surface area contributed by atoms with Crippen molar-refractivity contribution < 1.29 is 23.8 Å². The van der Waals surface area contributed by atoms with E-state index in [2.05, 4.69) is 20.6 Å². The van der Waals surface area contributed by atoms with Gasteiger partial charge in [-0.3, -0.25) is 20.2 Å². The first-order valence-electron chi connectivity index (χ1n) is 13.7. The van der Waals surface area contributed by atoms with Gasteiger partial charge in [-0.15, -0.1) is 22.7 Å². The van der Waals surface area contributed by atoms with E-state index >= 15 is 0 Å². The van der Waals surface area contributed by atoms with Gasteiger partial charge < -0.3 is 14.2 Å². The number of amides is 2. The highest BCUT2D eigenvalue weighted by Gasteiger charge is 2.14. The number of rotatable bonds is 10. The fourth-order valence-corrected chi connectivity index (χ4v) is 5.86. The summed E-state index contributed by atoms with van der Waals surface area (Å²) >= 11 is 2.67. The number of ether oxygens (including phenoxy) is 3. The Morgan fingerprint density at radius 2 is 0.978 bits per heavy atom. The van der Waals surface area contributed by atoms with Crippen LogP contribution in [0, 0.1) is 0 Å². The molecular weight excluding hydrogens is 609 g/mol. The van der Waals surface area contributed by atoms with Crippen LogP contribution in [0.25, 0.3) is 22.5 Å². The third-order valence-corrected chi connectivity index (χ3v) is 8.20. The molecule has 2 heterocycles. The predicted octanol–water partition coefficient (Wildman–Crippen LogP) is 8.25. The average molecular weight is 635 g/mol. The number of methoxy groups -OCH3 is 2. The Bertz CT molecular complexity index is 1810. The molecule has 0 unspecified atom stereocenters. The van der Waals surface area contributed by atoms with Gasteiger partial charge in [0.15, 0.2) is 10.3 Å². The molecule has 224 valence electrons. The second kappa shape index (κ2) is 13.4. The fourth-order valence-electron chi connectivity index (χ4n) is 4.45. The number of hydrogen-bond donors (Lipinski definition) is 2. The normalized spacial score (nSPS) is 10.6. The Labute approximate surface area is 267 Å². The first-order chi connectivity index (χ1) is 22.0. The molecule has 0 atom stereocenters. The van der Waals surface area contributed by atoms with Gasteiger partial charge in [0.2, 0.25) is 0 Å². The smallest absolute Gasteiger partial charge is 0.257 e. The maximum Gasteiger partial charge on any atom is 0.257 e. The second-order valence-corrected chi connectivity index (χ2v) is 11.3. The largest absolute Gasteiger partial charge is 0.496 e. The second-order valence-electron chi connectivity index (χ2n) is 9.54. The van der Waals surface area contributed by atoms with E-state index < -0.39 is 0 Å². The van der Waals surface area contributed by atoms with Gasteiger partial charge in [-0.1, -0.05) is 24.3 Å². The molecule has 0 saturated carbocycles. The fraction of sp³-hybridized carbons (Fsp3) is 0.0588. The third kappa shape index (κ3) is 6.85. The average Bonchev–Trinajstić information content (AvgIpc) is 3.75. The van der Waals surface area contributed by atoms with E-state index in [1.54, 1.807) is 62.8 Å². The highest BCUT2D eigenvalue weighted by Crippen LogP contribution is 2.33. The minimum absolute atomic E-state index is 0.284.